The monoisotopic (exact) mass is 337 g/mol. The number of nitrogens with two attached hydrogens (primary N) is 1. The third kappa shape index (κ3) is 3.41. The molecule has 7 nitrogen and oxygen atoms in total. The molecular formula is C12H12BrN5O2. The molecule has 2 amide bonds. The van der Waals surface area contributed by atoms with Crippen LogP contribution in [0.5, 0.6) is 0 Å². The van der Waals surface area contributed by atoms with E-state index in [9.17, 15) is 9.59 Å². The fraction of sp³-hybridized carbons (Fsp3) is 0.167. The van der Waals surface area contributed by atoms with Gasteiger partial charge in [0.25, 0.3) is 11.8 Å². The SMILES string of the molecule is Nc1ncc(Br)nc1C(=O)NNC(=O)C1=CCCC=C1. The van der Waals surface area contributed by atoms with Gasteiger partial charge in [-0.1, -0.05) is 18.2 Å². The molecule has 0 saturated carbocycles. The predicted molar refractivity (Wildman–Crippen MR) is 76.2 cm³/mol. The number of aromatic nitrogens is 2. The highest BCUT2D eigenvalue weighted by Gasteiger charge is 2.15. The van der Waals surface area contributed by atoms with E-state index in [1.165, 1.54) is 6.20 Å². The Morgan fingerprint density at radius 1 is 1.25 bits per heavy atom. The van der Waals surface area contributed by atoms with Gasteiger partial charge < -0.3 is 5.73 Å². The number of hydrogen-bond donors (Lipinski definition) is 3. The van der Waals surface area contributed by atoms with Crippen molar-refractivity contribution < 1.29 is 9.59 Å². The second-order valence-corrected chi connectivity index (χ2v) is 4.79. The summed E-state index contributed by atoms with van der Waals surface area (Å²) in [4.78, 5) is 31.3. The molecule has 0 radical (unpaired) electrons. The number of rotatable bonds is 2. The van der Waals surface area contributed by atoms with Gasteiger partial charge in [-0.15, -0.1) is 0 Å². The average molecular weight is 338 g/mol. The van der Waals surface area contributed by atoms with Gasteiger partial charge in [-0.25, -0.2) is 9.97 Å². The number of carbonyl (C=O) groups is 2. The summed E-state index contributed by atoms with van der Waals surface area (Å²) < 4.78 is 0.376. The standard InChI is InChI=1S/C12H12BrN5O2/c13-8-6-15-10(14)9(16-8)12(20)18-17-11(19)7-4-2-1-3-5-7/h2,4-6H,1,3H2,(H2,14,15)(H,17,19)(H,18,20). The number of nitrogens with one attached hydrogen (secondary N) is 2. The van der Waals surface area contributed by atoms with E-state index < -0.39 is 11.8 Å². The number of halogens is 1. The molecule has 4 N–H and O–H groups in total. The lowest BCUT2D eigenvalue weighted by molar-refractivity contribution is -0.117. The first-order chi connectivity index (χ1) is 9.58. The zero-order valence-electron chi connectivity index (χ0n) is 10.4. The van der Waals surface area contributed by atoms with E-state index in [4.69, 9.17) is 5.73 Å². The van der Waals surface area contributed by atoms with Crippen molar-refractivity contribution >= 4 is 33.6 Å². The molecule has 20 heavy (non-hydrogen) atoms. The highest BCUT2D eigenvalue weighted by Crippen LogP contribution is 2.11. The first kappa shape index (κ1) is 14.2. The molecule has 0 aromatic carbocycles. The van der Waals surface area contributed by atoms with Crippen molar-refractivity contribution in [1.29, 1.82) is 0 Å². The quantitative estimate of drug-likeness (QED) is 0.693. The normalized spacial score (nSPS) is 13.6. The van der Waals surface area contributed by atoms with E-state index >= 15 is 0 Å². The zero-order chi connectivity index (χ0) is 14.5. The molecule has 0 aliphatic heterocycles. The van der Waals surface area contributed by atoms with E-state index in [1.807, 2.05) is 6.08 Å². The van der Waals surface area contributed by atoms with Crippen molar-refractivity contribution in [3.63, 3.8) is 0 Å². The van der Waals surface area contributed by atoms with Crippen molar-refractivity contribution in [3.05, 3.63) is 40.3 Å². The Labute approximate surface area is 123 Å². The van der Waals surface area contributed by atoms with E-state index in [-0.39, 0.29) is 11.5 Å². The minimum absolute atomic E-state index is 0.0169. The second kappa shape index (κ2) is 6.29. The number of allylic oxidation sites excluding steroid dienone is 2. The number of nitrogens with zero attached hydrogens (tertiary/aromatic N) is 2. The summed E-state index contributed by atoms with van der Waals surface area (Å²) in [5.74, 6) is -1.04. The number of nitrogen functional groups attached to an aromatic ring is 1. The van der Waals surface area contributed by atoms with E-state index in [2.05, 4.69) is 36.7 Å². The Morgan fingerprint density at radius 3 is 2.70 bits per heavy atom. The maximum atomic E-state index is 11.8. The van der Waals surface area contributed by atoms with Crippen LogP contribution < -0.4 is 16.6 Å². The highest BCUT2D eigenvalue weighted by atomic mass is 79.9. The number of anilines is 1. The molecule has 1 aliphatic carbocycles. The molecule has 0 saturated heterocycles. The summed E-state index contributed by atoms with van der Waals surface area (Å²) in [5, 5.41) is 0. The predicted octanol–water partition coefficient (Wildman–Crippen LogP) is 0.859. The molecule has 0 bridgehead atoms. The van der Waals surface area contributed by atoms with Crippen LogP contribution in [0.4, 0.5) is 5.82 Å². The summed E-state index contributed by atoms with van der Waals surface area (Å²) in [6, 6.07) is 0. The lowest BCUT2D eigenvalue weighted by Gasteiger charge is -2.10. The summed E-state index contributed by atoms with van der Waals surface area (Å²) in [6.07, 6.45) is 8.49. The maximum absolute atomic E-state index is 11.8. The molecule has 8 heteroatoms. The second-order valence-electron chi connectivity index (χ2n) is 3.97. The van der Waals surface area contributed by atoms with E-state index in [1.54, 1.807) is 12.2 Å². The molecular weight excluding hydrogens is 326 g/mol. The van der Waals surface area contributed by atoms with Crippen molar-refractivity contribution in [3.8, 4) is 0 Å². The molecule has 0 unspecified atom stereocenters. The maximum Gasteiger partial charge on any atom is 0.292 e. The highest BCUT2D eigenvalue weighted by molar-refractivity contribution is 9.10. The van der Waals surface area contributed by atoms with Gasteiger partial charge >= 0.3 is 0 Å². The summed E-state index contributed by atoms with van der Waals surface area (Å²) in [6.45, 7) is 0. The van der Waals surface area contributed by atoms with Gasteiger partial charge in [-0.2, -0.15) is 0 Å². The zero-order valence-corrected chi connectivity index (χ0v) is 12.0. The van der Waals surface area contributed by atoms with Gasteiger partial charge in [0, 0.05) is 5.57 Å². The van der Waals surface area contributed by atoms with Gasteiger partial charge in [0.15, 0.2) is 11.5 Å². The molecule has 1 aliphatic rings. The molecule has 1 aromatic heterocycles. The molecule has 0 spiro atoms. The first-order valence-electron chi connectivity index (χ1n) is 5.83. The summed E-state index contributed by atoms with van der Waals surface area (Å²) in [7, 11) is 0. The van der Waals surface area contributed by atoms with Gasteiger partial charge in [0.05, 0.1) is 6.20 Å². The number of hydrogen-bond acceptors (Lipinski definition) is 5. The van der Waals surface area contributed by atoms with Crippen LogP contribution in [0.15, 0.2) is 34.6 Å². The van der Waals surface area contributed by atoms with E-state index in [0.717, 1.165) is 12.8 Å². The number of carbonyl (C=O) groups excluding carboxylic acids is 2. The van der Waals surface area contributed by atoms with Crippen molar-refractivity contribution in [2.75, 3.05) is 5.73 Å². The van der Waals surface area contributed by atoms with Crippen molar-refractivity contribution in [2.45, 2.75) is 12.8 Å². The van der Waals surface area contributed by atoms with Crippen LogP contribution in [0.1, 0.15) is 23.3 Å². The molecule has 1 heterocycles. The Bertz CT molecular complexity index is 612. The molecule has 1 aromatic rings. The van der Waals surface area contributed by atoms with Crippen LogP contribution in [0.2, 0.25) is 0 Å². The van der Waals surface area contributed by atoms with E-state index in [0.29, 0.717) is 10.2 Å². The Hall–Kier alpha value is -2.22. The third-order valence-electron chi connectivity index (χ3n) is 2.53. The van der Waals surface area contributed by atoms with Crippen LogP contribution in [-0.4, -0.2) is 21.8 Å². The Morgan fingerprint density at radius 2 is 2.00 bits per heavy atom. The fourth-order valence-electron chi connectivity index (χ4n) is 1.57. The third-order valence-corrected chi connectivity index (χ3v) is 2.92. The van der Waals surface area contributed by atoms with Gasteiger partial charge in [-0.05, 0) is 28.8 Å². The molecule has 2 rings (SSSR count). The minimum atomic E-state index is -0.634. The Kier molecular flexibility index (Phi) is 4.46. The van der Waals surface area contributed by atoms with Crippen LogP contribution in [0, 0.1) is 0 Å². The first-order valence-corrected chi connectivity index (χ1v) is 6.62. The smallest absolute Gasteiger partial charge is 0.292 e. The Balaban J connectivity index is 1.98. The van der Waals surface area contributed by atoms with Crippen LogP contribution in [0.25, 0.3) is 0 Å². The summed E-state index contributed by atoms with van der Waals surface area (Å²) in [5.41, 5.74) is 10.5. The van der Waals surface area contributed by atoms with Gasteiger partial charge in [0.2, 0.25) is 0 Å². The summed E-state index contributed by atoms with van der Waals surface area (Å²) >= 11 is 3.09. The minimum Gasteiger partial charge on any atom is -0.382 e. The molecule has 0 fully saturated rings. The van der Waals surface area contributed by atoms with Crippen LogP contribution in [0.3, 0.4) is 0 Å². The van der Waals surface area contributed by atoms with Crippen LogP contribution in [-0.2, 0) is 4.79 Å². The largest absolute Gasteiger partial charge is 0.382 e. The number of hydrazine groups is 1. The molecule has 104 valence electrons. The topological polar surface area (TPSA) is 110 Å². The van der Waals surface area contributed by atoms with Crippen LogP contribution >= 0.6 is 15.9 Å². The van der Waals surface area contributed by atoms with Crippen molar-refractivity contribution in [2.24, 2.45) is 0 Å². The van der Waals surface area contributed by atoms with Crippen molar-refractivity contribution in [1.82, 2.24) is 20.8 Å². The average Bonchev–Trinajstić information content (AvgIpc) is 2.47. The number of amides is 2. The lowest BCUT2D eigenvalue weighted by Crippen LogP contribution is -2.42. The van der Waals surface area contributed by atoms with Gasteiger partial charge in [0.1, 0.15) is 4.60 Å². The molecule has 0 atom stereocenters. The fourth-order valence-corrected chi connectivity index (χ4v) is 1.85. The lowest BCUT2D eigenvalue weighted by atomic mass is 10.1. The van der Waals surface area contributed by atoms with Gasteiger partial charge in [-0.3, -0.25) is 20.4 Å².